The highest BCUT2D eigenvalue weighted by Gasteiger charge is 2.14. The van der Waals surface area contributed by atoms with Crippen molar-refractivity contribution in [3.63, 3.8) is 0 Å². The first-order valence-electron chi connectivity index (χ1n) is 7.69. The Morgan fingerprint density at radius 3 is 2.88 bits per heavy atom. The number of aryl methyl sites for hydroxylation is 1. The second-order valence-corrected chi connectivity index (χ2v) is 5.97. The molecular formula is C17H18FN5OS. The molecular weight excluding hydrogens is 341 g/mol. The van der Waals surface area contributed by atoms with Gasteiger partial charge in [-0.25, -0.2) is 14.4 Å². The van der Waals surface area contributed by atoms with E-state index in [4.69, 9.17) is 22.7 Å². The Morgan fingerprint density at radius 2 is 2.16 bits per heavy atom. The minimum atomic E-state index is -0.276. The number of ether oxygens (including phenoxy) is 1. The van der Waals surface area contributed by atoms with Gasteiger partial charge in [0.15, 0.2) is 0 Å². The number of nitrogens with zero attached hydrogens (tertiary/aromatic N) is 3. The Morgan fingerprint density at radius 1 is 1.36 bits per heavy atom. The fraction of sp³-hybridized carbons (Fsp3) is 0.235. The molecule has 0 aliphatic rings. The second-order valence-electron chi connectivity index (χ2n) is 5.53. The summed E-state index contributed by atoms with van der Waals surface area (Å²) in [5.41, 5.74) is 7.56. The zero-order valence-corrected chi connectivity index (χ0v) is 14.7. The molecule has 3 aromatic rings. The van der Waals surface area contributed by atoms with Crippen molar-refractivity contribution in [2.24, 2.45) is 5.73 Å². The van der Waals surface area contributed by atoms with Gasteiger partial charge in [0.05, 0.1) is 12.6 Å². The first-order chi connectivity index (χ1) is 12.0. The third-order valence-corrected chi connectivity index (χ3v) is 4.17. The first kappa shape index (κ1) is 17.1. The fourth-order valence-electron chi connectivity index (χ4n) is 2.79. The number of halogens is 1. The number of fused-ring (bicyclic) bond motifs is 1. The number of nitrogens with one attached hydrogen (secondary N) is 1. The van der Waals surface area contributed by atoms with Crippen LogP contribution in [0.3, 0.4) is 0 Å². The molecule has 130 valence electrons. The van der Waals surface area contributed by atoms with Gasteiger partial charge in [0, 0.05) is 30.2 Å². The van der Waals surface area contributed by atoms with Gasteiger partial charge >= 0.3 is 0 Å². The van der Waals surface area contributed by atoms with Crippen LogP contribution in [0.25, 0.3) is 10.9 Å². The zero-order chi connectivity index (χ0) is 18.0. The van der Waals surface area contributed by atoms with E-state index in [1.165, 1.54) is 12.4 Å². The molecule has 0 saturated heterocycles. The lowest BCUT2D eigenvalue weighted by atomic mass is 10.2. The third-order valence-electron chi connectivity index (χ3n) is 3.96. The van der Waals surface area contributed by atoms with Crippen molar-refractivity contribution in [1.82, 2.24) is 14.5 Å². The summed E-state index contributed by atoms with van der Waals surface area (Å²) >= 11 is 4.91. The van der Waals surface area contributed by atoms with Crippen molar-refractivity contribution in [3.8, 4) is 5.75 Å². The van der Waals surface area contributed by atoms with Gasteiger partial charge in [0.2, 0.25) is 0 Å². The third kappa shape index (κ3) is 3.39. The number of hydrogen-bond donors (Lipinski definition) is 2. The second kappa shape index (κ2) is 7.02. The molecule has 3 N–H and O–H groups in total. The van der Waals surface area contributed by atoms with Crippen molar-refractivity contribution in [1.29, 1.82) is 0 Å². The van der Waals surface area contributed by atoms with E-state index < -0.39 is 0 Å². The summed E-state index contributed by atoms with van der Waals surface area (Å²) in [6.45, 7) is 3.05. The average molecular weight is 359 g/mol. The minimum absolute atomic E-state index is 0.215. The zero-order valence-electron chi connectivity index (χ0n) is 13.9. The summed E-state index contributed by atoms with van der Waals surface area (Å²) in [7, 11) is 1.58. The molecule has 25 heavy (non-hydrogen) atoms. The first-order valence-corrected chi connectivity index (χ1v) is 8.10. The van der Waals surface area contributed by atoms with Gasteiger partial charge in [-0.2, -0.15) is 0 Å². The number of benzene rings is 1. The van der Waals surface area contributed by atoms with Crippen LogP contribution in [0, 0.1) is 12.7 Å². The van der Waals surface area contributed by atoms with Crippen molar-refractivity contribution < 1.29 is 9.13 Å². The van der Waals surface area contributed by atoms with Crippen LogP contribution in [-0.4, -0.2) is 33.2 Å². The van der Waals surface area contributed by atoms with Crippen molar-refractivity contribution >= 4 is 33.9 Å². The molecule has 0 fully saturated rings. The lowest BCUT2D eigenvalue weighted by molar-refractivity contribution is 0.419. The Bertz CT molecular complexity index is 940. The van der Waals surface area contributed by atoms with Gasteiger partial charge in [-0.15, -0.1) is 0 Å². The van der Waals surface area contributed by atoms with Gasteiger partial charge in [-0.05, 0) is 25.1 Å². The van der Waals surface area contributed by atoms with Crippen molar-refractivity contribution in [2.45, 2.75) is 13.5 Å². The maximum atomic E-state index is 14.3. The molecule has 0 atom stereocenters. The largest absolute Gasteiger partial charge is 0.496 e. The number of nitrogens with two attached hydrogens (primary N) is 1. The van der Waals surface area contributed by atoms with Crippen molar-refractivity contribution in [3.05, 3.63) is 47.8 Å². The topological polar surface area (TPSA) is 78.0 Å². The summed E-state index contributed by atoms with van der Waals surface area (Å²) in [6.07, 6.45) is 1.40. The molecule has 0 aliphatic heterocycles. The molecule has 0 spiro atoms. The lowest BCUT2D eigenvalue weighted by Crippen LogP contribution is -2.15. The molecule has 0 unspecified atom stereocenters. The van der Waals surface area contributed by atoms with Crippen LogP contribution < -0.4 is 15.8 Å². The van der Waals surface area contributed by atoms with Gasteiger partial charge in [0.25, 0.3) is 0 Å². The Balaban J connectivity index is 1.81. The van der Waals surface area contributed by atoms with Gasteiger partial charge in [-0.3, -0.25) is 0 Å². The van der Waals surface area contributed by atoms with Crippen LogP contribution in [0.15, 0.2) is 30.6 Å². The highest BCUT2D eigenvalue weighted by atomic mass is 32.1. The van der Waals surface area contributed by atoms with Crippen LogP contribution in [-0.2, 0) is 6.54 Å². The Labute approximate surface area is 149 Å². The summed E-state index contributed by atoms with van der Waals surface area (Å²) < 4.78 is 21.6. The van der Waals surface area contributed by atoms with Crippen molar-refractivity contribution in [2.75, 3.05) is 19.0 Å². The molecule has 0 amide bonds. The monoisotopic (exact) mass is 359 g/mol. The maximum Gasteiger partial charge on any atom is 0.147 e. The van der Waals surface area contributed by atoms with Gasteiger partial charge in [-0.1, -0.05) is 12.2 Å². The number of aromatic nitrogens is 3. The summed E-state index contributed by atoms with van der Waals surface area (Å²) in [6, 6.07) is 6.67. The molecule has 1 aromatic carbocycles. The number of rotatable bonds is 6. The molecule has 2 heterocycles. The Hall–Kier alpha value is -2.74. The fourth-order valence-corrected chi connectivity index (χ4v) is 2.90. The van der Waals surface area contributed by atoms with Gasteiger partial charge in [0.1, 0.15) is 34.4 Å². The van der Waals surface area contributed by atoms with Gasteiger partial charge < -0.3 is 20.4 Å². The van der Waals surface area contributed by atoms with Crippen LogP contribution in [0.2, 0.25) is 0 Å². The molecule has 2 aromatic heterocycles. The van der Waals surface area contributed by atoms with E-state index in [1.807, 2.05) is 17.6 Å². The lowest BCUT2D eigenvalue weighted by Gasteiger charge is -2.11. The molecule has 0 aliphatic carbocycles. The number of anilines is 1. The van der Waals surface area contributed by atoms with E-state index >= 15 is 0 Å². The molecule has 0 radical (unpaired) electrons. The van der Waals surface area contributed by atoms with E-state index in [2.05, 4.69) is 15.3 Å². The normalized spacial score (nSPS) is 10.8. The van der Waals surface area contributed by atoms with Crippen LogP contribution in [0.1, 0.15) is 11.4 Å². The van der Waals surface area contributed by atoms with E-state index in [1.54, 1.807) is 19.2 Å². The number of methoxy groups -OCH3 is 1. The van der Waals surface area contributed by atoms with E-state index in [0.29, 0.717) is 35.9 Å². The van der Waals surface area contributed by atoms with E-state index in [-0.39, 0.29) is 10.8 Å². The van der Waals surface area contributed by atoms with Crippen LogP contribution in [0.5, 0.6) is 5.75 Å². The SMILES string of the molecule is COc1ccc(F)c2c1cc(C)n2CCNc1cc(C(N)=S)ncn1. The molecule has 0 bridgehead atoms. The molecule has 0 saturated carbocycles. The predicted octanol–water partition coefficient (Wildman–Crippen LogP) is 2.63. The van der Waals surface area contributed by atoms with E-state index in [9.17, 15) is 4.39 Å². The highest BCUT2D eigenvalue weighted by Crippen LogP contribution is 2.30. The molecule has 8 heteroatoms. The standard InChI is InChI=1S/C17H18FN5OS/c1-10-7-11-14(24-2)4-3-12(18)16(11)23(10)6-5-20-15-8-13(17(19)25)21-9-22-15/h3-4,7-9H,5-6H2,1-2H3,(H2,19,25)(H,20,21,22). The minimum Gasteiger partial charge on any atom is -0.496 e. The van der Waals surface area contributed by atoms with E-state index in [0.717, 1.165) is 11.1 Å². The predicted molar refractivity (Wildman–Crippen MR) is 99.6 cm³/mol. The quantitative estimate of drug-likeness (QED) is 0.659. The summed E-state index contributed by atoms with van der Waals surface area (Å²) in [4.78, 5) is 8.34. The average Bonchev–Trinajstić information content (AvgIpc) is 2.93. The summed E-state index contributed by atoms with van der Waals surface area (Å²) in [5.74, 6) is 0.995. The summed E-state index contributed by atoms with van der Waals surface area (Å²) in [5, 5.41) is 3.94. The highest BCUT2D eigenvalue weighted by molar-refractivity contribution is 7.80. The maximum absolute atomic E-state index is 14.3. The number of hydrogen-bond acceptors (Lipinski definition) is 5. The Kier molecular flexibility index (Phi) is 4.80. The number of thiocarbonyl (C=S) groups is 1. The molecule has 6 nitrogen and oxygen atoms in total. The van der Waals surface area contributed by atoms with Crippen LogP contribution in [0.4, 0.5) is 10.2 Å². The smallest absolute Gasteiger partial charge is 0.147 e. The van der Waals surface area contributed by atoms with Crippen LogP contribution >= 0.6 is 12.2 Å². The molecule has 3 rings (SSSR count).